The molecule has 33 heavy (non-hydrogen) atoms. The molecule has 0 spiro atoms. The number of rotatable bonds is 10. The molecule has 0 aliphatic heterocycles. The van der Waals surface area contributed by atoms with Crippen LogP contribution in [-0.2, 0) is 13.0 Å². The number of para-hydroxylation sites is 2. The van der Waals surface area contributed by atoms with Gasteiger partial charge < -0.3 is 14.6 Å². The second kappa shape index (κ2) is 10.8. The van der Waals surface area contributed by atoms with E-state index in [9.17, 15) is 4.79 Å². The first kappa shape index (κ1) is 22.5. The zero-order chi connectivity index (χ0) is 23.0. The van der Waals surface area contributed by atoms with Crippen LogP contribution in [0.15, 0.2) is 67.0 Å². The number of aryl methyl sites for hydroxylation is 4. The third kappa shape index (κ3) is 5.77. The molecule has 0 bridgehead atoms. The first-order valence-electron chi connectivity index (χ1n) is 11.4. The van der Waals surface area contributed by atoms with Crippen molar-refractivity contribution in [2.75, 3.05) is 13.2 Å². The van der Waals surface area contributed by atoms with Gasteiger partial charge in [-0.25, -0.2) is 4.98 Å². The molecule has 0 saturated carbocycles. The summed E-state index contributed by atoms with van der Waals surface area (Å²) in [5.74, 6) is 1.88. The van der Waals surface area contributed by atoms with Crippen LogP contribution < -0.4 is 10.1 Å². The second-order valence-electron chi connectivity index (χ2n) is 8.21. The van der Waals surface area contributed by atoms with Gasteiger partial charge in [-0.15, -0.1) is 0 Å². The van der Waals surface area contributed by atoms with E-state index >= 15 is 0 Å². The van der Waals surface area contributed by atoms with E-state index in [-0.39, 0.29) is 5.91 Å². The monoisotopic (exact) mass is 442 g/mol. The van der Waals surface area contributed by atoms with Gasteiger partial charge in [0.25, 0.3) is 5.91 Å². The molecular formula is C27H30N4O2. The minimum atomic E-state index is -0.0746. The molecular weight excluding hydrogens is 412 g/mol. The second-order valence-corrected chi connectivity index (χ2v) is 8.21. The SMILES string of the molecule is Cc1ccc(OCCCn2c(CCCNC(=O)c3ccncc3)nc3ccccc32)cc1C. The van der Waals surface area contributed by atoms with Crippen LogP contribution in [0.5, 0.6) is 5.75 Å². The number of benzene rings is 2. The van der Waals surface area contributed by atoms with Crippen molar-refractivity contribution in [2.45, 2.75) is 39.7 Å². The third-order valence-corrected chi connectivity index (χ3v) is 5.81. The Morgan fingerprint density at radius 3 is 2.64 bits per heavy atom. The number of nitrogens with zero attached hydrogens (tertiary/aromatic N) is 3. The Morgan fingerprint density at radius 1 is 1.00 bits per heavy atom. The van der Waals surface area contributed by atoms with Gasteiger partial charge in [-0.2, -0.15) is 0 Å². The number of imidazole rings is 1. The predicted octanol–water partition coefficient (Wildman–Crippen LogP) is 4.88. The molecule has 1 amide bonds. The lowest BCUT2D eigenvalue weighted by Crippen LogP contribution is -2.25. The van der Waals surface area contributed by atoms with Gasteiger partial charge in [-0.1, -0.05) is 18.2 Å². The van der Waals surface area contributed by atoms with Crippen molar-refractivity contribution in [3.05, 3.63) is 89.5 Å². The lowest BCUT2D eigenvalue weighted by atomic mass is 10.1. The summed E-state index contributed by atoms with van der Waals surface area (Å²) in [4.78, 5) is 21.0. The predicted molar refractivity (Wildman–Crippen MR) is 131 cm³/mol. The van der Waals surface area contributed by atoms with Gasteiger partial charge in [0.15, 0.2) is 0 Å². The van der Waals surface area contributed by atoms with Crippen LogP contribution in [0.2, 0.25) is 0 Å². The van der Waals surface area contributed by atoms with E-state index in [1.54, 1.807) is 24.5 Å². The fraction of sp³-hybridized carbons (Fsp3) is 0.296. The van der Waals surface area contributed by atoms with Crippen molar-refractivity contribution in [3.8, 4) is 5.75 Å². The van der Waals surface area contributed by atoms with Crippen molar-refractivity contribution in [1.82, 2.24) is 19.9 Å². The molecule has 2 aromatic carbocycles. The van der Waals surface area contributed by atoms with E-state index in [1.165, 1.54) is 11.1 Å². The summed E-state index contributed by atoms with van der Waals surface area (Å²) < 4.78 is 8.25. The zero-order valence-corrected chi connectivity index (χ0v) is 19.3. The number of pyridine rings is 1. The molecule has 1 N–H and O–H groups in total. The maximum absolute atomic E-state index is 12.2. The molecule has 6 heteroatoms. The third-order valence-electron chi connectivity index (χ3n) is 5.81. The number of hydrogen-bond donors (Lipinski definition) is 1. The van der Waals surface area contributed by atoms with E-state index in [0.717, 1.165) is 48.4 Å². The number of carbonyl (C=O) groups excluding carboxylic acids is 1. The Balaban J connectivity index is 1.33. The molecule has 6 nitrogen and oxygen atoms in total. The largest absolute Gasteiger partial charge is 0.494 e. The van der Waals surface area contributed by atoms with E-state index in [1.807, 2.05) is 24.3 Å². The molecule has 0 atom stereocenters. The summed E-state index contributed by atoms with van der Waals surface area (Å²) >= 11 is 0. The smallest absolute Gasteiger partial charge is 0.251 e. The Bertz CT molecular complexity index is 1220. The molecule has 4 aromatic rings. The summed E-state index contributed by atoms with van der Waals surface area (Å²) in [7, 11) is 0. The molecule has 170 valence electrons. The average Bonchev–Trinajstić information content (AvgIpc) is 3.19. The Hall–Kier alpha value is -3.67. The van der Waals surface area contributed by atoms with Crippen molar-refractivity contribution in [2.24, 2.45) is 0 Å². The van der Waals surface area contributed by atoms with Crippen molar-refractivity contribution in [1.29, 1.82) is 0 Å². The Kier molecular flexibility index (Phi) is 7.35. The van der Waals surface area contributed by atoms with Crippen LogP contribution >= 0.6 is 0 Å². The molecule has 0 radical (unpaired) electrons. The van der Waals surface area contributed by atoms with E-state index in [4.69, 9.17) is 9.72 Å². The van der Waals surface area contributed by atoms with Gasteiger partial charge in [0.1, 0.15) is 11.6 Å². The summed E-state index contributed by atoms with van der Waals surface area (Å²) in [5, 5.41) is 2.98. The number of aromatic nitrogens is 3. The van der Waals surface area contributed by atoms with Crippen molar-refractivity contribution >= 4 is 16.9 Å². The molecule has 4 rings (SSSR count). The summed E-state index contributed by atoms with van der Waals surface area (Å²) in [6.07, 6.45) is 5.75. The molecule has 2 heterocycles. The van der Waals surface area contributed by atoms with E-state index < -0.39 is 0 Å². The molecule has 0 unspecified atom stereocenters. The lowest BCUT2D eigenvalue weighted by molar-refractivity contribution is 0.0953. The van der Waals surface area contributed by atoms with Gasteiger partial charge in [-0.3, -0.25) is 9.78 Å². The van der Waals surface area contributed by atoms with Gasteiger partial charge in [0.05, 0.1) is 17.6 Å². The number of amides is 1. The minimum absolute atomic E-state index is 0.0746. The molecule has 0 saturated heterocycles. The summed E-state index contributed by atoms with van der Waals surface area (Å²) in [5.41, 5.74) is 5.28. The standard InChI is InChI=1S/C27H30N4O2/c1-20-10-11-23(19-21(20)2)33-18-6-17-31-25-8-4-3-7-24(25)30-26(31)9-5-14-29-27(32)22-12-15-28-16-13-22/h3-4,7-8,10-13,15-16,19H,5-6,9,14,17-18H2,1-2H3,(H,29,32). The number of hydrogen-bond acceptors (Lipinski definition) is 4. The first-order valence-corrected chi connectivity index (χ1v) is 11.4. The quantitative estimate of drug-likeness (QED) is 0.356. The highest BCUT2D eigenvalue weighted by atomic mass is 16.5. The normalized spacial score (nSPS) is 11.0. The van der Waals surface area contributed by atoms with Crippen LogP contribution in [0.1, 0.15) is 40.2 Å². The molecule has 0 fully saturated rings. The average molecular weight is 443 g/mol. The lowest BCUT2D eigenvalue weighted by Gasteiger charge is -2.11. The fourth-order valence-electron chi connectivity index (χ4n) is 3.84. The highest BCUT2D eigenvalue weighted by Crippen LogP contribution is 2.19. The van der Waals surface area contributed by atoms with Crippen molar-refractivity contribution in [3.63, 3.8) is 0 Å². The van der Waals surface area contributed by atoms with E-state index in [2.05, 4.69) is 46.9 Å². The van der Waals surface area contributed by atoms with Crippen LogP contribution in [0.25, 0.3) is 11.0 Å². The fourth-order valence-corrected chi connectivity index (χ4v) is 3.84. The maximum Gasteiger partial charge on any atom is 0.251 e. The number of fused-ring (bicyclic) bond motifs is 1. The number of ether oxygens (including phenoxy) is 1. The highest BCUT2D eigenvalue weighted by molar-refractivity contribution is 5.93. The van der Waals surface area contributed by atoms with Crippen LogP contribution in [0, 0.1) is 13.8 Å². The van der Waals surface area contributed by atoms with Gasteiger partial charge in [-0.05, 0) is 74.2 Å². The molecule has 0 aliphatic rings. The van der Waals surface area contributed by atoms with Crippen LogP contribution in [0.3, 0.4) is 0 Å². The van der Waals surface area contributed by atoms with Gasteiger partial charge in [0.2, 0.25) is 0 Å². The Labute approximate surface area is 194 Å². The van der Waals surface area contributed by atoms with Crippen LogP contribution in [0.4, 0.5) is 0 Å². The highest BCUT2D eigenvalue weighted by Gasteiger charge is 2.11. The van der Waals surface area contributed by atoms with Crippen molar-refractivity contribution < 1.29 is 9.53 Å². The number of nitrogens with one attached hydrogen (secondary N) is 1. The molecule has 0 aliphatic carbocycles. The van der Waals surface area contributed by atoms with Gasteiger partial charge >= 0.3 is 0 Å². The molecule has 2 aromatic heterocycles. The zero-order valence-electron chi connectivity index (χ0n) is 19.3. The van der Waals surface area contributed by atoms with Gasteiger partial charge in [0, 0.05) is 37.5 Å². The maximum atomic E-state index is 12.2. The van der Waals surface area contributed by atoms with E-state index in [0.29, 0.717) is 18.7 Å². The Morgan fingerprint density at radius 2 is 1.82 bits per heavy atom. The summed E-state index contributed by atoms with van der Waals surface area (Å²) in [6.45, 7) is 6.29. The first-order chi connectivity index (χ1) is 16.1. The number of carbonyl (C=O) groups is 1. The topological polar surface area (TPSA) is 69.0 Å². The summed E-state index contributed by atoms with van der Waals surface area (Å²) in [6, 6.07) is 17.9. The van der Waals surface area contributed by atoms with Crippen LogP contribution in [-0.4, -0.2) is 33.6 Å². The minimum Gasteiger partial charge on any atom is -0.494 e.